The molecule has 0 aliphatic carbocycles. The number of carbonyl (C=O) groups is 1. The number of nitrogens with zero attached hydrogens (tertiary/aromatic N) is 4. The predicted octanol–water partition coefficient (Wildman–Crippen LogP) is 2.76. The highest BCUT2D eigenvalue weighted by atomic mass is 32.1. The van der Waals surface area contributed by atoms with Crippen LogP contribution in [-0.2, 0) is 29.0 Å². The molecule has 0 fully saturated rings. The summed E-state index contributed by atoms with van der Waals surface area (Å²) in [6, 6.07) is 10.7. The van der Waals surface area contributed by atoms with Gasteiger partial charge in [-0.3, -0.25) is 9.69 Å². The Balaban J connectivity index is 1.39. The molecular formula is C21H27N5O2S. The van der Waals surface area contributed by atoms with Crippen LogP contribution in [0.15, 0.2) is 30.3 Å². The molecule has 3 aromatic rings. The first-order valence-electron chi connectivity index (χ1n) is 10.0. The molecule has 29 heavy (non-hydrogen) atoms. The highest BCUT2D eigenvalue weighted by Crippen LogP contribution is 2.27. The minimum absolute atomic E-state index is 0.0308. The van der Waals surface area contributed by atoms with E-state index < -0.39 is 0 Å². The van der Waals surface area contributed by atoms with Crippen LogP contribution in [-0.4, -0.2) is 52.4 Å². The van der Waals surface area contributed by atoms with Crippen molar-refractivity contribution in [1.29, 1.82) is 0 Å². The maximum absolute atomic E-state index is 12.0. The topological polar surface area (TPSA) is 72.3 Å². The van der Waals surface area contributed by atoms with Gasteiger partial charge in [0.15, 0.2) is 5.82 Å². The van der Waals surface area contributed by atoms with E-state index in [9.17, 15) is 4.79 Å². The molecule has 0 spiro atoms. The van der Waals surface area contributed by atoms with Crippen LogP contribution in [0, 0.1) is 0 Å². The Morgan fingerprint density at radius 3 is 2.97 bits per heavy atom. The number of aromatic nitrogens is 3. The number of benzene rings is 1. The molecule has 1 aliphatic heterocycles. The number of hydrogen-bond acceptors (Lipinski definition) is 6. The first-order chi connectivity index (χ1) is 14.1. The van der Waals surface area contributed by atoms with E-state index in [-0.39, 0.29) is 11.9 Å². The molecule has 0 radical (unpaired) electrons. The Morgan fingerprint density at radius 1 is 1.28 bits per heavy atom. The largest absolute Gasteiger partial charge is 0.384 e. The third-order valence-corrected chi connectivity index (χ3v) is 6.40. The smallest absolute Gasteiger partial charge is 0.222 e. The Labute approximate surface area is 174 Å². The quantitative estimate of drug-likeness (QED) is 0.645. The number of ether oxygens (including phenoxy) is 1. The number of rotatable bonds is 7. The van der Waals surface area contributed by atoms with Crippen molar-refractivity contribution in [3.05, 3.63) is 46.9 Å². The molecule has 1 amide bonds. The summed E-state index contributed by atoms with van der Waals surface area (Å²) in [5.74, 6) is 1.79. The molecule has 1 aromatic carbocycles. The molecule has 0 saturated carbocycles. The maximum atomic E-state index is 12.0. The molecule has 1 aliphatic rings. The summed E-state index contributed by atoms with van der Waals surface area (Å²) in [6.45, 7) is 6.07. The van der Waals surface area contributed by atoms with Gasteiger partial charge in [-0.05, 0) is 24.4 Å². The standard InChI is InChI=1S/C21H27N5O2S/c1-15(22-20(27)8-12-28-2)21-24-23-19-7-9-25(10-11-26(19)21)14-17-13-16-5-3-4-6-18(16)29-17/h3-6,13,15H,7-12,14H2,1-2H3,(H,22,27)/t15-/m0/s1. The number of methoxy groups -OCH3 is 1. The van der Waals surface area contributed by atoms with Gasteiger partial charge in [-0.25, -0.2) is 0 Å². The van der Waals surface area contributed by atoms with Gasteiger partial charge >= 0.3 is 0 Å². The van der Waals surface area contributed by atoms with Gasteiger partial charge in [0.1, 0.15) is 5.82 Å². The lowest BCUT2D eigenvalue weighted by atomic mass is 10.2. The van der Waals surface area contributed by atoms with Crippen molar-refractivity contribution < 1.29 is 9.53 Å². The fourth-order valence-corrected chi connectivity index (χ4v) is 4.88. The molecule has 1 atom stereocenters. The molecule has 7 nitrogen and oxygen atoms in total. The minimum atomic E-state index is -0.172. The number of fused-ring (bicyclic) bond motifs is 2. The van der Waals surface area contributed by atoms with Crippen molar-refractivity contribution in [2.75, 3.05) is 26.8 Å². The molecule has 1 N–H and O–H groups in total. The van der Waals surface area contributed by atoms with Crippen molar-refractivity contribution in [2.45, 2.75) is 38.9 Å². The number of thiophene rings is 1. The van der Waals surface area contributed by atoms with E-state index in [2.05, 4.69) is 55.3 Å². The zero-order valence-corrected chi connectivity index (χ0v) is 17.7. The molecule has 0 bridgehead atoms. The minimum Gasteiger partial charge on any atom is -0.384 e. The first kappa shape index (κ1) is 20.0. The van der Waals surface area contributed by atoms with Crippen molar-refractivity contribution in [1.82, 2.24) is 25.0 Å². The molecule has 0 unspecified atom stereocenters. The second kappa shape index (κ2) is 9.02. The lowest BCUT2D eigenvalue weighted by molar-refractivity contribution is -0.122. The van der Waals surface area contributed by atoms with Crippen molar-refractivity contribution in [3.8, 4) is 0 Å². The van der Waals surface area contributed by atoms with Crippen LogP contribution in [0.2, 0.25) is 0 Å². The molecule has 3 heterocycles. The van der Waals surface area contributed by atoms with Gasteiger partial charge in [0.05, 0.1) is 12.6 Å². The van der Waals surface area contributed by atoms with Crippen LogP contribution >= 0.6 is 11.3 Å². The Bertz CT molecular complexity index is 950. The molecular weight excluding hydrogens is 386 g/mol. The van der Waals surface area contributed by atoms with E-state index in [0.29, 0.717) is 13.0 Å². The van der Waals surface area contributed by atoms with Gasteiger partial charge in [-0.2, -0.15) is 0 Å². The molecule has 8 heteroatoms. The SMILES string of the molecule is COCCC(=O)N[C@@H](C)c1nnc2n1CCN(Cc1cc3ccccc3s1)CC2. The van der Waals surface area contributed by atoms with E-state index in [4.69, 9.17) is 4.74 Å². The Kier molecular flexibility index (Phi) is 6.22. The average molecular weight is 414 g/mol. The number of amides is 1. The fraction of sp³-hybridized carbons (Fsp3) is 0.476. The summed E-state index contributed by atoms with van der Waals surface area (Å²) in [4.78, 5) is 15.9. The molecule has 0 saturated heterocycles. The second-order valence-corrected chi connectivity index (χ2v) is 8.60. The van der Waals surface area contributed by atoms with Crippen LogP contribution in [0.1, 0.15) is 35.9 Å². The summed E-state index contributed by atoms with van der Waals surface area (Å²) < 4.78 is 8.49. The molecule has 154 valence electrons. The monoisotopic (exact) mass is 413 g/mol. The van der Waals surface area contributed by atoms with E-state index in [1.54, 1.807) is 7.11 Å². The van der Waals surface area contributed by atoms with Gasteiger partial charge in [0.25, 0.3) is 0 Å². The van der Waals surface area contributed by atoms with Crippen LogP contribution in [0.4, 0.5) is 0 Å². The third kappa shape index (κ3) is 4.66. The predicted molar refractivity (Wildman–Crippen MR) is 114 cm³/mol. The van der Waals surface area contributed by atoms with Gasteiger partial charge in [0.2, 0.25) is 5.91 Å². The zero-order valence-electron chi connectivity index (χ0n) is 16.9. The highest BCUT2D eigenvalue weighted by Gasteiger charge is 2.23. The van der Waals surface area contributed by atoms with Gasteiger partial charge in [-0.1, -0.05) is 18.2 Å². The normalized spacial score (nSPS) is 15.8. The summed E-state index contributed by atoms with van der Waals surface area (Å²) in [7, 11) is 1.60. The van der Waals surface area contributed by atoms with Crippen LogP contribution < -0.4 is 5.32 Å². The maximum Gasteiger partial charge on any atom is 0.222 e. The summed E-state index contributed by atoms with van der Waals surface area (Å²) in [5, 5.41) is 13.1. The Morgan fingerprint density at radius 2 is 2.14 bits per heavy atom. The number of hydrogen-bond donors (Lipinski definition) is 1. The van der Waals surface area contributed by atoms with Crippen molar-refractivity contribution >= 4 is 27.3 Å². The van der Waals surface area contributed by atoms with E-state index >= 15 is 0 Å². The number of carbonyl (C=O) groups excluding carboxylic acids is 1. The molecule has 4 rings (SSSR count). The van der Waals surface area contributed by atoms with E-state index in [1.807, 2.05) is 18.3 Å². The summed E-state index contributed by atoms with van der Waals surface area (Å²) >= 11 is 1.87. The van der Waals surface area contributed by atoms with Gasteiger partial charge in [0, 0.05) is 55.7 Å². The Hall–Kier alpha value is -2.29. The van der Waals surface area contributed by atoms with Gasteiger partial charge in [-0.15, -0.1) is 21.5 Å². The van der Waals surface area contributed by atoms with Crippen LogP contribution in [0.5, 0.6) is 0 Å². The fourth-order valence-electron chi connectivity index (χ4n) is 3.78. The summed E-state index contributed by atoms with van der Waals surface area (Å²) in [5.41, 5.74) is 0. The van der Waals surface area contributed by atoms with Crippen LogP contribution in [0.3, 0.4) is 0 Å². The van der Waals surface area contributed by atoms with E-state index in [0.717, 1.165) is 44.2 Å². The average Bonchev–Trinajstić information content (AvgIpc) is 3.26. The summed E-state index contributed by atoms with van der Waals surface area (Å²) in [6.07, 6.45) is 1.22. The lowest BCUT2D eigenvalue weighted by Gasteiger charge is -2.19. The lowest BCUT2D eigenvalue weighted by Crippen LogP contribution is -2.30. The van der Waals surface area contributed by atoms with Gasteiger partial charge < -0.3 is 14.6 Å². The zero-order chi connectivity index (χ0) is 20.2. The molecule has 2 aromatic heterocycles. The highest BCUT2D eigenvalue weighted by molar-refractivity contribution is 7.19. The second-order valence-electron chi connectivity index (χ2n) is 7.43. The third-order valence-electron chi connectivity index (χ3n) is 5.30. The van der Waals surface area contributed by atoms with Crippen molar-refractivity contribution in [3.63, 3.8) is 0 Å². The first-order valence-corrected chi connectivity index (χ1v) is 10.9. The van der Waals surface area contributed by atoms with Crippen molar-refractivity contribution in [2.24, 2.45) is 0 Å². The number of nitrogens with one attached hydrogen (secondary N) is 1. The van der Waals surface area contributed by atoms with Crippen LogP contribution in [0.25, 0.3) is 10.1 Å². The van der Waals surface area contributed by atoms with E-state index in [1.165, 1.54) is 15.0 Å².